The molecule has 0 radical (unpaired) electrons. The maximum atomic E-state index is 13.7. The Morgan fingerprint density at radius 2 is 0.631 bits per heavy atom. The first-order valence-corrected chi connectivity index (χ1v) is 44.4. The van der Waals surface area contributed by atoms with Crippen LogP contribution in [0.2, 0.25) is 5.02 Å². The number of hydrogen-bond acceptors (Lipinski definition) is 20. The van der Waals surface area contributed by atoms with Gasteiger partial charge in [0.2, 0.25) is 47.3 Å². The maximum Gasteiger partial charge on any atom is 0.416 e. The third-order valence-electron chi connectivity index (χ3n) is 22.8. The van der Waals surface area contributed by atoms with Crippen LogP contribution < -0.4 is 63.8 Å². The molecule has 8 aliphatic rings. The van der Waals surface area contributed by atoms with Crippen molar-refractivity contribution in [2.75, 3.05) is 42.5 Å². The van der Waals surface area contributed by atoms with Gasteiger partial charge in [0.05, 0.1) is 11.3 Å². The highest BCUT2D eigenvalue weighted by Gasteiger charge is 2.46. The summed E-state index contributed by atoms with van der Waals surface area (Å²) in [7, 11) is 0. The second-order valence-corrected chi connectivity index (χ2v) is 33.6. The van der Waals surface area contributed by atoms with Gasteiger partial charge >= 0.3 is 6.18 Å². The molecule has 8 aliphatic heterocycles. The van der Waals surface area contributed by atoms with E-state index in [1.807, 2.05) is 12.1 Å². The zero-order valence-corrected chi connectivity index (χ0v) is 75.7. The molecule has 12 N–H and O–H groups in total. The zero-order valence-electron chi connectivity index (χ0n) is 74.9. The number of carbonyl (C=O) groups excluding carboxylic acids is 16. The zero-order chi connectivity index (χ0) is 101. The van der Waals surface area contributed by atoms with E-state index in [1.165, 1.54) is 24.3 Å². The number of alkyl halides is 3. The molecular weight excluding hydrogens is 1860 g/mol. The molecule has 8 heterocycles. The fourth-order valence-corrected chi connectivity index (χ4v) is 15.9. The third-order valence-corrected chi connectivity index (χ3v) is 23.0. The minimum Gasteiger partial charge on any atom is -0.351 e. The molecule has 8 aromatic rings. The lowest BCUT2D eigenvalue weighted by atomic mass is 10.0. The number of carbonyl (C=O) groups is 16. The second-order valence-electron chi connectivity index (χ2n) is 33.2. The number of benzene rings is 8. The Kier molecular flexibility index (Phi) is 32.6. The lowest BCUT2D eigenvalue weighted by Crippen LogP contribution is -2.52. The van der Waals surface area contributed by atoms with Crippen molar-refractivity contribution in [2.24, 2.45) is 0 Å². The lowest BCUT2D eigenvalue weighted by Gasteiger charge is -2.29. The van der Waals surface area contributed by atoms with Crippen molar-refractivity contribution in [3.05, 3.63) is 334 Å². The van der Waals surface area contributed by atoms with Gasteiger partial charge in [-0.15, -0.1) is 0 Å². The van der Waals surface area contributed by atoms with E-state index in [2.05, 4.69) is 90.1 Å². The molecule has 16 amide bonds. The summed E-state index contributed by atoms with van der Waals surface area (Å²) in [5.74, 6) is -11.4. The Hall–Kier alpha value is -17.0. The van der Waals surface area contributed by atoms with Crippen LogP contribution in [-0.2, 0) is 109 Å². The van der Waals surface area contributed by atoms with Crippen LogP contribution in [0.15, 0.2) is 278 Å². The Labute approximate surface area is 805 Å². The number of nitrogens with one attached hydrogen (secondary N) is 12. The molecule has 0 spiro atoms. The van der Waals surface area contributed by atoms with E-state index < -0.39 is 136 Å². The van der Waals surface area contributed by atoms with Crippen LogP contribution in [0.3, 0.4) is 0 Å². The topological polar surface area (TPSA) is 430 Å². The number of imide groups is 4. The molecule has 0 saturated carbocycles. The maximum absolute atomic E-state index is 13.7. The monoisotopic (exact) mass is 1950 g/mol. The van der Waals surface area contributed by atoms with Gasteiger partial charge in [-0.2, -0.15) is 13.2 Å². The van der Waals surface area contributed by atoms with Crippen LogP contribution in [-0.4, -0.2) is 138 Å². The van der Waals surface area contributed by atoms with Crippen molar-refractivity contribution < 1.29 is 107 Å². The number of piperidine rings is 4. The number of allylic oxidation sites excluding steroid dienone is 4. The molecule has 4 atom stereocenters. The number of nitrogens with zero attached hydrogens (tertiary/aromatic N) is 4. The van der Waals surface area contributed by atoms with Crippen molar-refractivity contribution >= 4 is 152 Å². The fourth-order valence-electron chi connectivity index (χ4n) is 15.7. The largest absolute Gasteiger partial charge is 0.416 e. The summed E-state index contributed by atoms with van der Waals surface area (Å²) in [6.07, 6.45) is 5.27. The minimum atomic E-state index is -4.45. The normalized spacial score (nSPS) is 17.9. The molecule has 32 nitrogen and oxygen atoms in total. The standard InChI is InChI=1S/C26H23F3N4O4.C25H23ClN4O4.2C25H22F2N4O4/c1-15-5-11-21(24(36)30-15)33-23(35)14-20(25(33)37)31-19-4-2-3-16(13-19)6-12-22(34)32-18-9-7-17(8-10-18)26(27,28)29;1-15-8-10-21(24(33)27-15)30-23(32)14-20(25(30)34)28-18-6-2-4-16(12-18)9-11-22(31)29-19-7-3-5-17(26)13-19;1-14-5-9-21(24(34)28-14)31-23(33)13-20(25(31)35)29-17-4-2-3-15(11-17)6-10-22(32)30-19-8-7-16(26)12-18(19)27;1-14-5-9-21(24(34)28-14)31-23(33)13-20(25(31)35)29-16-4-2-3-15(11-16)6-10-22(32)30-17-7-8-18(26)19(27)12-17/h2-4,7-10,13-14,21,31H,1,5-6,11-12H2,(H,30,36)(H,32,34);2-7,12-14,21,28H,1,8-11H2,(H,27,33)(H,29,31);2*2-4,7-8,11-13,21,29H,1,5-6,9-10H2,(H,28,34)(H,30,32). The first-order valence-electron chi connectivity index (χ1n) is 44.0. The molecule has 0 aromatic heterocycles. The summed E-state index contributed by atoms with van der Waals surface area (Å²) >= 11 is 5.94. The van der Waals surface area contributed by atoms with Crippen LogP contribution in [0, 0.1) is 23.3 Å². The Morgan fingerprint density at radius 3 is 0.936 bits per heavy atom. The number of anilines is 8. The van der Waals surface area contributed by atoms with Crippen molar-refractivity contribution in [3.8, 4) is 0 Å². The first kappa shape index (κ1) is 101. The summed E-state index contributed by atoms with van der Waals surface area (Å²) in [6.45, 7) is 14.8. The molecule has 0 aliphatic carbocycles. The van der Waals surface area contributed by atoms with Crippen LogP contribution in [0.1, 0.15) is 105 Å². The molecule has 4 fully saturated rings. The quantitative estimate of drug-likeness (QED) is 0.0160. The predicted octanol–water partition coefficient (Wildman–Crippen LogP) is 13.1. The van der Waals surface area contributed by atoms with E-state index in [4.69, 9.17) is 11.6 Å². The fraction of sp³-hybridized carbons (Fsp3) is 0.208. The Morgan fingerprint density at radius 1 is 0.333 bits per heavy atom. The van der Waals surface area contributed by atoms with E-state index in [0.29, 0.717) is 139 Å². The van der Waals surface area contributed by atoms with Gasteiger partial charge in [-0.25, -0.2) is 17.6 Å². The van der Waals surface area contributed by atoms with Gasteiger partial charge in [0, 0.05) is 130 Å². The smallest absolute Gasteiger partial charge is 0.351 e. The van der Waals surface area contributed by atoms with Crippen molar-refractivity contribution in [2.45, 2.75) is 133 Å². The molecule has 726 valence electrons. The van der Waals surface area contributed by atoms with E-state index in [-0.39, 0.29) is 83.3 Å². The highest BCUT2D eigenvalue weighted by molar-refractivity contribution is 6.31. The van der Waals surface area contributed by atoms with Crippen molar-refractivity contribution in [1.82, 2.24) is 40.9 Å². The van der Waals surface area contributed by atoms with E-state index >= 15 is 0 Å². The van der Waals surface area contributed by atoms with Gasteiger partial charge < -0.3 is 63.8 Å². The Bertz CT molecular complexity index is 6640. The predicted molar refractivity (Wildman–Crippen MR) is 505 cm³/mol. The van der Waals surface area contributed by atoms with Crippen LogP contribution >= 0.6 is 11.6 Å². The highest BCUT2D eigenvalue weighted by atomic mass is 35.5. The minimum absolute atomic E-state index is 0.0272. The van der Waals surface area contributed by atoms with Gasteiger partial charge in [0.25, 0.3) is 47.3 Å². The van der Waals surface area contributed by atoms with Gasteiger partial charge in [0.1, 0.15) is 58.6 Å². The molecular formula is C101H90ClF7N16O16. The summed E-state index contributed by atoms with van der Waals surface area (Å²) in [6, 6.07) is 41.5. The number of amides is 16. The summed E-state index contributed by atoms with van der Waals surface area (Å²) in [4.78, 5) is 203. The molecule has 141 heavy (non-hydrogen) atoms. The number of aryl methyl sites for hydroxylation is 4. The summed E-state index contributed by atoms with van der Waals surface area (Å²) in [5.41, 5.74) is 7.85. The lowest BCUT2D eigenvalue weighted by molar-refractivity contribution is -0.146. The first-order chi connectivity index (χ1) is 67.2. The average Bonchev–Trinajstić information content (AvgIpc) is 1.66. The molecule has 4 saturated heterocycles. The number of hydrogen-bond donors (Lipinski definition) is 12. The molecule has 4 unspecified atom stereocenters. The van der Waals surface area contributed by atoms with Crippen molar-refractivity contribution in [3.63, 3.8) is 0 Å². The SMILES string of the molecule is C=C1CCC(N2C(=O)C=C(Nc3cccc(CCC(=O)Nc4ccc(C(F)(F)F)cc4)c3)C2=O)C(=O)N1.C=C1CCC(N2C(=O)C=C(Nc3cccc(CCC(=O)Nc4ccc(F)c(F)c4)c3)C2=O)C(=O)N1.C=C1CCC(N2C(=O)C=C(Nc3cccc(CCC(=O)Nc4ccc(F)cc4F)c3)C2=O)C(=O)N1.C=C1CCC(N2C(=O)C=C(Nc3cccc(CCC(=O)Nc4cccc(Cl)c4)c3)C2=O)C(=O)N1. The second kappa shape index (κ2) is 45.3. The Balaban J connectivity index is 0.000000158. The van der Waals surface area contributed by atoms with Gasteiger partial charge in [-0.3, -0.25) is 96.3 Å². The van der Waals surface area contributed by atoms with Crippen LogP contribution in [0.4, 0.5) is 76.2 Å². The summed E-state index contributed by atoms with van der Waals surface area (Å²) in [5, 5.41) is 32.8. The third kappa shape index (κ3) is 26.8. The summed E-state index contributed by atoms with van der Waals surface area (Å²) < 4.78 is 91.1. The highest BCUT2D eigenvalue weighted by Crippen LogP contribution is 2.34. The molecule has 8 aromatic carbocycles. The van der Waals surface area contributed by atoms with E-state index in [1.54, 1.807) is 109 Å². The number of halogens is 8. The van der Waals surface area contributed by atoms with E-state index in [9.17, 15) is 107 Å². The van der Waals surface area contributed by atoms with Gasteiger partial charge in [-0.05, 0) is 215 Å². The molecule has 0 bridgehead atoms. The average molecular weight is 1950 g/mol. The van der Waals surface area contributed by atoms with Crippen LogP contribution in [0.25, 0.3) is 0 Å². The van der Waals surface area contributed by atoms with E-state index in [0.717, 1.165) is 96.5 Å². The van der Waals surface area contributed by atoms with Gasteiger partial charge in [0.15, 0.2) is 11.6 Å². The van der Waals surface area contributed by atoms with Crippen LogP contribution in [0.5, 0.6) is 0 Å². The van der Waals surface area contributed by atoms with Crippen molar-refractivity contribution in [1.29, 1.82) is 0 Å². The molecule has 40 heteroatoms. The molecule has 16 rings (SSSR count). The van der Waals surface area contributed by atoms with Gasteiger partial charge in [-0.1, -0.05) is 92.5 Å². The number of rotatable bonds is 28.